The lowest BCUT2D eigenvalue weighted by Crippen LogP contribution is -2.22. The molecule has 1 nitrogen and oxygen atoms in total. The number of nitrogens with zero attached hydrogens (tertiary/aromatic N) is 1. The van der Waals surface area contributed by atoms with E-state index < -0.39 is 11.7 Å². The highest BCUT2D eigenvalue weighted by atomic mass is 32.2. The molecule has 0 aromatic heterocycles. The van der Waals surface area contributed by atoms with Crippen LogP contribution >= 0.6 is 10.5 Å². The first kappa shape index (κ1) is 18.4. The van der Waals surface area contributed by atoms with Gasteiger partial charge in [-0.25, -0.2) is 0 Å². The molecule has 1 aliphatic carbocycles. The Balaban J connectivity index is 1.48. The van der Waals surface area contributed by atoms with Crippen molar-refractivity contribution in [3.63, 3.8) is 0 Å². The van der Waals surface area contributed by atoms with Gasteiger partial charge in [-0.1, -0.05) is 18.2 Å². The Bertz CT molecular complexity index is 928. The van der Waals surface area contributed by atoms with E-state index in [2.05, 4.69) is 28.5 Å². The first-order chi connectivity index (χ1) is 13.5. The van der Waals surface area contributed by atoms with Gasteiger partial charge in [0.2, 0.25) is 0 Å². The standard InChI is InChI=1S/C23H24F3NS/c24-23(25,26)20-7-8-22-17(13-20)11-16-5-1-2-6-21(16)28(22)15-19-12-18(19)14-27-9-3-4-10-27/h1-2,5-8,13,15,18-19H,3-4,9-12,14H2. The molecule has 0 amide bonds. The van der Waals surface area contributed by atoms with Gasteiger partial charge in [0.25, 0.3) is 0 Å². The molecule has 0 spiro atoms. The van der Waals surface area contributed by atoms with Crippen molar-refractivity contribution >= 4 is 15.9 Å². The number of fused-ring (bicyclic) bond motifs is 2. The summed E-state index contributed by atoms with van der Waals surface area (Å²) in [5, 5.41) is 2.45. The van der Waals surface area contributed by atoms with Crippen LogP contribution in [0.1, 0.15) is 36.0 Å². The molecule has 2 aliphatic heterocycles. The Morgan fingerprint density at radius 3 is 2.54 bits per heavy atom. The summed E-state index contributed by atoms with van der Waals surface area (Å²) >= 11 is 0. The summed E-state index contributed by atoms with van der Waals surface area (Å²) in [5.41, 5.74) is 1.48. The zero-order valence-electron chi connectivity index (χ0n) is 15.7. The monoisotopic (exact) mass is 403 g/mol. The van der Waals surface area contributed by atoms with E-state index in [4.69, 9.17) is 0 Å². The molecule has 2 aromatic rings. The van der Waals surface area contributed by atoms with Crippen LogP contribution in [0.2, 0.25) is 0 Å². The van der Waals surface area contributed by atoms with Crippen LogP contribution in [-0.2, 0) is 12.6 Å². The fourth-order valence-electron chi connectivity index (χ4n) is 4.56. The highest BCUT2D eigenvalue weighted by Gasteiger charge is 2.38. The van der Waals surface area contributed by atoms with Gasteiger partial charge < -0.3 is 4.90 Å². The van der Waals surface area contributed by atoms with Crippen LogP contribution in [0.4, 0.5) is 13.2 Å². The number of halogens is 3. The molecule has 0 bridgehead atoms. The molecule has 28 heavy (non-hydrogen) atoms. The highest BCUT2D eigenvalue weighted by Crippen LogP contribution is 2.49. The first-order valence-corrected chi connectivity index (χ1v) is 11.4. The minimum atomic E-state index is -4.29. The molecule has 5 rings (SSSR count). The fourth-order valence-corrected chi connectivity index (χ4v) is 7.05. The SMILES string of the molecule is FC(F)(F)c1ccc2c(c1)Cc1ccccc1S2=CC1CC1CN1CCCC1. The summed E-state index contributed by atoms with van der Waals surface area (Å²) in [6.45, 7) is 3.63. The minimum absolute atomic E-state index is 0.232. The van der Waals surface area contributed by atoms with Gasteiger partial charge in [0.1, 0.15) is 0 Å². The lowest BCUT2D eigenvalue weighted by molar-refractivity contribution is -0.137. The Hall–Kier alpha value is -1.59. The zero-order chi connectivity index (χ0) is 19.3. The Labute approximate surface area is 166 Å². The molecule has 1 saturated heterocycles. The molecule has 2 fully saturated rings. The summed E-state index contributed by atoms with van der Waals surface area (Å²) in [6, 6.07) is 12.6. The zero-order valence-corrected chi connectivity index (χ0v) is 16.5. The predicted octanol–water partition coefficient (Wildman–Crippen LogP) is 5.83. The van der Waals surface area contributed by atoms with Gasteiger partial charge in [0.15, 0.2) is 0 Å². The van der Waals surface area contributed by atoms with E-state index in [1.165, 1.54) is 61.5 Å². The Morgan fingerprint density at radius 2 is 1.75 bits per heavy atom. The maximum Gasteiger partial charge on any atom is 0.416 e. The van der Waals surface area contributed by atoms with E-state index in [1.807, 2.05) is 6.07 Å². The van der Waals surface area contributed by atoms with E-state index in [0.29, 0.717) is 12.3 Å². The number of rotatable bonds is 3. The van der Waals surface area contributed by atoms with Crippen LogP contribution in [-0.4, -0.2) is 29.9 Å². The molecule has 148 valence electrons. The predicted molar refractivity (Wildman–Crippen MR) is 108 cm³/mol. The van der Waals surface area contributed by atoms with Gasteiger partial charge in [0.05, 0.1) is 5.56 Å². The number of hydrogen-bond acceptors (Lipinski definition) is 1. The van der Waals surface area contributed by atoms with Gasteiger partial charge in [-0.15, -0.1) is 10.5 Å². The molecule has 3 unspecified atom stereocenters. The average Bonchev–Trinajstić information content (AvgIpc) is 3.17. The van der Waals surface area contributed by atoms with Crippen molar-refractivity contribution in [3.8, 4) is 0 Å². The van der Waals surface area contributed by atoms with Crippen LogP contribution in [0.3, 0.4) is 0 Å². The highest BCUT2D eigenvalue weighted by molar-refractivity contribution is 8.15. The number of alkyl halides is 3. The van der Waals surface area contributed by atoms with Crippen molar-refractivity contribution in [1.29, 1.82) is 0 Å². The van der Waals surface area contributed by atoms with Gasteiger partial charge >= 0.3 is 6.18 Å². The van der Waals surface area contributed by atoms with Crippen molar-refractivity contribution in [1.82, 2.24) is 4.90 Å². The normalized spacial score (nSPS) is 26.9. The summed E-state index contributed by atoms with van der Waals surface area (Å²) in [5.74, 6) is 1.31. The van der Waals surface area contributed by atoms with E-state index in [0.717, 1.165) is 16.4 Å². The van der Waals surface area contributed by atoms with Crippen LogP contribution < -0.4 is 0 Å². The third kappa shape index (κ3) is 3.55. The van der Waals surface area contributed by atoms with Gasteiger partial charge in [-0.05, 0) is 91.4 Å². The maximum atomic E-state index is 13.2. The summed E-state index contributed by atoms with van der Waals surface area (Å²) in [7, 11) is -0.232. The molecule has 1 saturated carbocycles. The van der Waals surface area contributed by atoms with E-state index in [9.17, 15) is 13.2 Å². The van der Waals surface area contributed by atoms with E-state index in [-0.39, 0.29) is 10.5 Å². The molecule has 0 N–H and O–H groups in total. The molecule has 3 aliphatic rings. The molecular formula is C23H24F3NS. The second kappa shape index (κ2) is 7.03. The maximum absolute atomic E-state index is 13.2. The Kier molecular flexibility index (Phi) is 4.63. The molecule has 5 heteroatoms. The van der Waals surface area contributed by atoms with Crippen molar-refractivity contribution < 1.29 is 13.2 Å². The molecule has 2 aromatic carbocycles. The first-order valence-electron chi connectivity index (χ1n) is 10.1. The third-order valence-electron chi connectivity index (χ3n) is 6.19. The van der Waals surface area contributed by atoms with Crippen molar-refractivity contribution in [2.75, 3.05) is 19.6 Å². The molecule has 3 atom stereocenters. The van der Waals surface area contributed by atoms with E-state index in [1.54, 1.807) is 6.07 Å². The largest absolute Gasteiger partial charge is 0.416 e. The number of hydrogen-bond donors (Lipinski definition) is 0. The van der Waals surface area contributed by atoms with Gasteiger partial charge in [-0.2, -0.15) is 13.2 Å². The van der Waals surface area contributed by atoms with Crippen molar-refractivity contribution in [3.05, 3.63) is 59.2 Å². The second-order valence-electron chi connectivity index (χ2n) is 8.25. The summed E-state index contributed by atoms with van der Waals surface area (Å²) in [6.07, 6.45) is 0.153. The third-order valence-corrected chi connectivity index (χ3v) is 8.56. The second-order valence-corrected chi connectivity index (χ2v) is 10.1. The van der Waals surface area contributed by atoms with Gasteiger partial charge in [-0.3, -0.25) is 0 Å². The topological polar surface area (TPSA) is 3.24 Å². The van der Waals surface area contributed by atoms with E-state index >= 15 is 0 Å². The summed E-state index contributed by atoms with van der Waals surface area (Å²) < 4.78 is 39.6. The minimum Gasteiger partial charge on any atom is -0.303 e. The van der Waals surface area contributed by atoms with Crippen LogP contribution in [0.15, 0.2) is 52.3 Å². The smallest absolute Gasteiger partial charge is 0.303 e. The Morgan fingerprint density at radius 1 is 1.00 bits per heavy atom. The summed E-state index contributed by atoms with van der Waals surface area (Å²) in [4.78, 5) is 4.94. The van der Waals surface area contributed by atoms with Crippen molar-refractivity contribution in [2.45, 2.75) is 41.7 Å². The van der Waals surface area contributed by atoms with Gasteiger partial charge in [0, 0.05) is 16.3 Å². The van der Waals surface area contributed by atoms with Crippen LogP contribution in [0, 0.1) is 11.8 Å². The van der Waals surface area contributed by atoms with Crippen molar-refractivity contribution in [2.24, 2.45) is 11.8 Å². The quantitative estimate of drug-likeness (QED) is 0.497. The molecular weight excluding hydrogens is 379 g/mol. The molecule has 2 heterocycles. The molecule has 0 radical (unpaired) electrons. The average molecular weight is 404 g/mol. The lowest BCUT2D eigenvalue weighted by atomic mass is 10.0. The number of benzene rings is 2. The fraction of sp³-hybridized carbons (Fsp3) is 0.435. The van der Waals surface area contributed by atoms with Crippen LogP contribution in [0.5, 0.6) is 0 Å². The van der Waals surface area contributed by atoms with Crippen LogP contribution in [0.25, 0.3) is 0 Å². The number of likely N-dealkylation sites (tertiary alicyclic amines) is 1. The lowest BCUT2D eigenvalue weighted by Gasteiger charge is -2.25.